The van der Waals surface area contributed by atoms with Gasteiger partial charge >= 0.3 is 6.09 Å². The number of nitrogens with two attached hydrogens (primary N) is 1. The van der Waals surface area contributed by atoms with E-state index in [1.807, 2.05) is 17.7 Å². The van der Waals surface area contributed by atoms with Gasteiger partial charge in [0.25, 0.3) is 5.91 Å². The van der Waals surface area contributed by atoms with Gasteiger partial charge in [-0.1, -0.05) is 0 Å². The molecule has 5 heterocycles. The molecule has 1 saturated carbocycles. The summed E-state index contributed by atoms with van der Waals surface area (Å²) in [5.41, 5.74) is 10.6. The summed E-state index contributed by atoms with van der Waals surface area (Å²) in [6.07, 6.45) is 1.16. The van der Waals surface area contributed by atoms with Crippen molar-refractivity contribution < 1.29 is 23.5 Å². The van der Waals surface area contributed by atoms with Gasteiger partial charge in [0.05, 0.1) is 32.0 Å². The highest BCUT2D eigenvalue weighted by molar-refractivity contribution is 6.00. The Kier molecular flexibility index (Phi) is 6.76. The predicted octanol–water partition coefficient (Wildman–Crippen LogP) is 3.69. The highest BCUT2D eigenvalue weighted by Crippen LogP contribution is 2.38. The van der Waals surface area contributed by atoms with Crippen LogP contribution in [0.15, 0.2) is 30.3 Å². The standard InChI is InChI=1S/C31H36FN7O4/c1-36-27-24(8-19(10-26(27)42-2)30(40)37-15-21(32)11-22(33)16-37)35-29(36)25-9-18-6-7-23(20-13-38(14-20)31(41)43-3)34-28(18)39(25)12-17-4-5-17/h6-10,17,20-22H,4-5,11-16,33H2,1-3H3/t21-,22-/m1/s1. The number of aryl methyl sites for hydroxylation is 1. The van der Waals surface area contributed by atoms with Gasteiger partial charge in [0.1, 0.15) is 23.1 Å². The number of ether oxygens (including phenoxy) is 2. The van der Waals surface area contributed by atoms with Crippen molar-refractivity contribution in [1.82, 2.24) is 28.9 Å². The van der Waals surface area contributed by atoms with E-state index >= 15 is 0 Å². The van der Waals surface area contributed by atoms with Crippen molar-refractivity contribution in [1.29, 1.82) is 0 Å². The quantitative estimate of drug-likeness (QED) is 0.364. The maximum absolute atomic E-state index is 14.2. The van der Waals surface area contributed by atoms with Crippen LogP contribution < -0.4 is 10.5 Å². The number of benzene rings is 1. The number of methoxy groups -OCH3 is 2. The molecule has 11 nitrogen and oxygen atoms in total. The molecule has 2 aliphatic heterocycles. The van der Waals surface area contributed by atoms with Crippen molar-refractivity contribution in [2.75, 3.05) is 40.4 Å². The number of hydrogen-bond donors (Lipinski definition) is 1. The van der Waals surface area contributed by atoms with Gasteiger partial charge in [0.15, 0.2) is 5.82 Å². The molecule has 12 heteroatoms. The van der Waals surface area contributed by atoms with Gasteiger partial charge in [-0.05, 0) is 55.5 Å². The molecule has 2 N–H and O–H groups in total. The van der Waals surface area contributed by atoms with E-state index in [9.17, 15) is 14.0 Å². The number of amides is 2. The molecular formula is C31H36FN7O4. The number of likely N-dealkylation sites (tertiary alicyclic amines) is 2. The monoisotopic (exact) mass is 589 g/mol. The van der Waals surface area contributed by atoms with Gasteiger partial charge in [-0.25, -0.2) is 19.2 Å². The van der Waals surface area contributed by atoms with Crippen LogP contribution in [0.5, 0.6) is 5.75 Å². The van der Waals surface area contributed by atoms with E-state index in [0.29, 0.717) is 42.4 Å². The third-order valence-electron chi connectivity index (χ3n) is 8.99. The fourth-order valence-corrected chi connectivity index (χ4v) is 6.48. The van der Waals surface area contributed by atoms with Crippen molar-refractivity contribution >= 4 is 34.1 Å². The van der Waals surface area contributed by atoms with Gasteiger partial charge < -0.3 is 34.1 Å². The molecular weight excluding hydrogens is 553 g/mol. The zero-order valence-corrected chi connectivity index (χ0v) is 24.6. The summed E-state index contributed by atoms with van der Waals surface area (Å²) >= 11 is 0. The third-order valence-corrected chi connectivity index (χ3v) is 8.99. The normalized spacial score (nSPS) is 21.0. The molecule has 7 rings (SSSR count). The Hall–Kier alpha value is -4.19. The molecule has 2 amide bonds. The predicted molar refractivity (Wildman–Crippen MR) is 159 cm³/mol. The number of alkyl halides is 1. The number of carbonyl (C=O) groups excluding carboxylic acids is 2. The lowest BCUT2D eigenvalue weighted by Crippen LogP contribution is -2.50. The van der Waals surface area contributed by atoms with Gasteiger partial charge in [-0.3, -0.25) is 4.79 Å². The summed E-state index contributed by atoms with van der Waals surface area (Å²) in [7, 11) is 4.91. The van der Waals surface area contributed by atoms with Crippen LogP contribution in [-0.4, -0.2) is 93.5 Å². The van der Waals surface area contributed by atoms with Crippen LogP contribution in [0.1, 0.15) is 41.2 Å². The summed E-state index contributed by atoms with van der Waals surface area (Å²) in [4.78, 5) is 38.6. The van der Waals surface area contributed by atoms with Crippen molar-refractivity contribution in [3.8, 4) is 17.3 Å². The van der Waals surface area contributed by atoms with Crippen LogP contribution >= 0.6 is 0 Å². The molecule has 0 bridgehead atoms. The number of pyridine rings is 1. The number of piperidine rings is 1. The summed E-state index contributed by atoms with van der Waals surface area (Å²) in [5.74, 6) is 1.72. The van der Waals surface area contributed by atoms with E-state index in [1.165, 1.54) is 24.9 Å². The van der Waals surface area contributed by atoms with Crippen LogP contribution in [0, 0.1) is 5.92 Å². The number of fused-ring (bicyclic) bond motifs is 2. The number of rotatable bonds is 6. The van der Waals surface area contributed by atoms with E-state index in [2.05, 4.69) is 16.7 Å². The Bertz CT molecular complexity index is 1730. The first-order valence-electron chi connectivity index (χ1n) is 14.8. The second-order valence-corrected chi connectivity index (χ2v) is 12.1. The second-order valence-electron chi connectivity index (χ2n) is 12.1. The van der Waals surface area contributed by atoms with E-state index < -0.39 is 12.2 Å². The fraction of sp³-hybridized carbons (Fsp3) is 0.484. The number of aromatic nitrogens is 4. The molecule has 3 aromatic heterocycles. The number of hydrogen-bond acceptors (Lipinski definition) is 7. The van der Waals surface area contributed by atoms with Gasteiger partial charge in [-0.15, -0.1) is 0 Å². The van der Waals surface area contributed by atoms with Crippen LogP contribution in [0.3, 0.4) is 0 Å². The van der Waals surface area contributed by atoms with Crippen LogP contribution in [0.2, 0.25) is 0 Å². The molecule has 3 fully saturated rings. The molecule has 2 saturated heterocycles. The van der Waals surface area contributed by atoms with Crippen molar-refractivity contribution in [2.45, 2.75) is 43.9 Å². The van der Waals surface area contributed by atoms with Crippen LogP contribution in [-0.2, 0) is 18.3 Å². The molecule has 0 spiro atoms. The maximum atomic E-state index is 14.2. The number of nitrogens with zero attached hydrogens (tertiary/aromatic N) is 6. The van der Waals surface area contributed by atoms with E-state index in [4.69, 9.17) is 25.2 Å². The highest BCUT2D eigenvalue weighted by Gasteiger charge is 2.34. The fourth-order valence-electron chi connectivity index (χ4n) is 6.48. The SMILES string of the molecule is COC(=O)N1CC(c2ccc3cc(-c4nc5cc(C(=O)N6C[C@H](N)C[C@@H](F)C6)cc(OC)c5n4C)n(CC4CC4)c3n2)C1. The lowest BCUT2D eigenvalue weighted by Gasteiger charge is -2.37. The molecule has 4 aromatic rings. The summed E-state index contributed by atoms with van der Waals surface area (Å²) in [6.45, 7) is 2.34. The van der Waals surface area contributed by atoms with Crippen molar-refractivity contribution in [2.24, 2.45) is 18.7 Å². The van der Waals surface area contributed by atoms with E-state index in [-0.39, 0.29) is 30.9 Å². The number of halogens is 1. The number of imidazole rings is 1. The Morgan fingerprint density at radius 1 is 1.05 bits per heavy atom. The van der Waals surface area contributed by atoms with Gasteiger partial charge in [0, 0.05) is 61.8 Å². The first-order valence-corrected chi connectivity index (χ1v) is 14.8. The van der Waals surface area contributed by atoms with Crippen LogP contribution in [0.4, 0.5) is 9.18 Å². The van der Waals surface area contributed by atoms with Gasteiger partial charge in [0.2, 0.25) is 0 Å². The Morgan fingerprint density at radius 2 is 1.84 bits per heavy atom. The Morgan fingerprint density at radius 3 is 2.53 bits per heavy atom. The summed E-state index contributed by atoms with van der Waals surface area (Å²) < 4.78 is 29.1. The minimum atomic E-state index is -1.14. The van der Waals surface area contributed by atoms with E-state index in [1.54, 1.807) is 24.1 Å². The Balaban J connectivity index is 1.28. The summed E-state index contributed by atoms with van der Waals surface area (Å²) in [6, 6.07) is 9.31. The topological polar surface area (TPSA) is 121 Å². The molecule has 3 aliphatic rings. The zero-order valence-electron chi connectivity index (χ0n) is 24.6. The van der Waals surface area contributed by atoms with Gasteiger partial charge in [-0.2, -0.15) is 0 Å². The molecule has 43 heavy (non-hydrogen) atoms. The minimum Gasteiger partial charge on any atom is -0.494 e. The molecule has 1 aliphatic carbocycles. The third kappa shape index (κ3) is 4.87. The second kappa shape index (κ2) is 10.5. The first kappa shape index (κ1) is 27.6. The smallest absolute Gasteiger partial charge is 0.409 e. The average Bonchev–Trinajstić information content (AvgIpc) is 3.64. The summed E-state index contributed by atoms with van der Waals surface area (Å²) in [5, 5.41) is 1.01. The molecule has 1 aromatic carbocycles. The minimum absolute atomic E-state index is 0.0260. The largest absolute Gasteiger partial charge is 0.494 e. The molecule has 2 atom stereocenters. The van der Waals surface area contributed by atoms with Crippen molar-refractivity contribution in [3.63, 3.8) is 0 Å². The molecule has 0 radical (unpaired) electrons. The molecule has 0 unspecified atom stereocenters. The Labute approximate surface area is 248 Å². The zero-order chi connectivity index (χ0) is 30.0. The lowest BCUT2D eigenvalue weighted by molar-refractivity contribution is 0.0606. The first-order chi connectivity index (χ1) is 20.7. The van der Waals surface area contributed by atoms with Crippen molar-refractivity contribution in [3.05, 3.63) is 41.6 Å². The molecule has 226 valence electrons. The highest BCUT2D eigenvalue weighted by atomic mass is 19.1. The average molecular weight is 590 g/mol. The van der Waals surface area contributed by atoms with E-state index in [0.717, 1.165) is 40.3 Å². The van der Waals surface area contributed by atoms with Crippen LogP contribution in [0.25, 0.3) is 33.6 Å². The maximum Gasteiger partial charge on any atom is 0.409 e. The lowest BCUT2D eigenvalue weighted by atomic mass is 9.96. The number of carbonyl (C=O) groups is 2.